The maximum atomic E-state index is 12.7. The number of carbonyl (C=O) groups excluding carboxylic acids is 1. The van der Waals surface area contributed by atoms with Crippen molar-refractivity contribution in [1.82, 2.24) is 9.66 Å². The highest BCUT2D eigenvalue weighted by atomic mass is 32.2. The summed E-state index contributed by atoms with van der Waals surface area (Å²) in [4.78, 5) is 30.5. The van der Waals surface area contributed by atoms with Crippen molar-refractivity contribution in [3.63, 3.8) is 0 Å². The third-order valence-electron chi connectivity index (χ3n) is 4.53. The summed E-state index contributed by atoms with van der Waals surface area (Å²) in [6.07, 6.45) is 0. The molecule has 0 saturated carbocycles. The second-order valence-electron chi connectivity index (χ2n) is 6.65. The molecule has 4 aromatic rings. The van der Waals surface area contributed by atoms with E-state index in [2.05, 4.69) is 10.4 Å². The van der Waals surface area contributed by atoms with Crippen LogP contribution in [0.4, 0.5) is 0 Å². The molecule has 0 aliphatic heterocycles. The minimum Gasteiger partial charge on any atom is -0.267 e. The Morgan fingerprint density at radius 3 is 2.63 bits per heavy atom. The monoisotopic (exact) mass is 439 g/mol. The number of hydrogen-bond acceptors (Lipinski definition) is 6. The van der Waals surface area contributed by atoms with E-state index in [-0.39, 0.29) is 21.8 Å². The van der Waals surface area contributed by atoms with Crippen LogP contribution in [0.2, 0.25) is 0 Å². The second kappa shape index (κ2) is 7.85. The predicted octanol–water partition coefficient (Wildman–Crippen LogP) is 3.12. The van der Waals surface area contributed by atoms with E-state index >= 15 is 0 Å². The van der Waals surface area contributed by atoms with Gasteiger partial charge in [-0.2, -0.15) is 0 Å². The van der Waals surface area contributed by atoms with Gasteiger partial charge >= 0.3 is 0 Å². The largest absolute Gasteiger partial charge is 0.281 e. The smallest absolute Gasteiger partial charge is 0.267 e. The van der Waals surface area contributed by atoms with Gasteiger partial charge in [-0.05, 0) is 48.2 Å². The van der Waals surface area contributed by atoms with Gasteiger partial charge in [-0.25, -0.2) is 18.1 Å². The van der Waals surface area contributed by atoms with Gasteiger partial charge in [0.15, 0.2) is 9.84 Å². The summed E-state index contributed by atoms with van der Waals surface area (Å²) in [6.45, 7) is 1.63. The normalized spacial score (nSPS) is 11.5. The van der Waals surface area contributed by atoms with Crippen molar-refractivity contribution in [3.05, 3.63) is 93.3 Å². The number of nitrogens with zero attached hydrogens (tertiary/aromatic N) is 2. The average Bonchev–Trinajstić information content (AvgIpc) is 3.20. The number of sulfone groups is 1. The number of amides is 1. The maximum absolute atomic E-state index is 12.7. The summed E-state index contributed by atoms with van der Waals surface area (Å²) in [6, 6.07) is 16.1. The van der Waals surface area contributed by atoms with Crippen LogP contribution in [0.15, 0.2) is 75.7 Å². The molecule has 152 valence electrons. The fraction of sp³-hybridized carbons (Fsp3) is 0.0952. The number of aryl methyl sites for hydroxylation is 1. The molecule has 0 fully saturated rings. The number of fused-ring (bicyclic) bond motifs is 1. The number of thiophene rings is 1. The molecule has 1 N–H and O–H groups in total. The minimum atomic E-state index is -3.54. The zero-order valence-corrected chi connectivity index (χ0v) is 17.5. The van der Waals surface area contributed by atoms with Crippen LogP contribution in [0.3, 0.4) is 0 Å². The van der Waals surface area contributed by atoms with Crippen molar-refractivity contribution < 1.29 is 13.2 Å². The van der Waals surface area contributed by atoms with Gasteiger partial charge in [0, 0.05) is 5.56 Å². The third kappa shape index (κ3) is 3.89. The number of carbonyl (C=O) groups is 1. The van der Waals surface area contributed by atoms with E-state index in [1.807, 2.05) is 0 Å². The van der Waals surface area contributed by atoms with Crippen molar-refractivity contribution >= 4 is 37.3 Å². The lowest BCUT2D eigenvalue weighted by molar-refractivity contribution is 0.101. The first-order valence-electron chi connectivity index (χ1n) is 9.00. The van der Waals surface area contributed by atoms with E-state index < -0.39 is 15.7 Å². The van der Waals surface area contributed by atoms with Crippen LogP contribution in [0, 0.1) is 6.92 Å². The molecule has 2 aromatic heterocycles. The first kappa shape index (κ1) is 20.0. The van der Waals surface area contributed by atoms with Crippen LogP contribution in [-0.2, 0) is 15.6 Å². The van der Waals surface area contributed by atoms with Crippen LogP contribution in [0.25, 0.3) is 10.2 Å². The van der Waals surface area contributed by atoms with Gasteiger partial charge in [0.2, 0.25) is 0 Å². The summed E-state index contributed by atoms with van der Waals surface area (Å²) in [7, 11) is -3.54. The van der Waals surface area contributed by atoms with Crippen LogP contribution in [0.5, 0.6) is 0 Å². The van der Waals surface area contributed by atoms with Crippen molar-refractivity contribution in [2.45, 2.75) is 17.6 Å². The van der Waals surface area contributed by atoms with Gasteiger partial charge in [0.25, 0.3) is 11.5 Å². The molecular weight excluding hydrogens is 422 g/mol. The first-order valence-corrected chi connectivity index (χ1v) is 11.5. The molecule has 0 aliphatic rings. The first-order chi connectivity index (χ1) is 14.3. The van der Waals surface area contributed by atoms with E-state index in [0.29, 0.717) is 21.6 Å². The van der Waals surface area contributed by atoms with Crippen LogP contribution in [-0.4, -0.2) is 24.0 Å². The molecule has 4 rings (SSSR count). The van der Waals surface area contributed by atoms with Crippen molar-refractivity contribution in [2.24, 2.45) is 0 Å². The van der Waals surface area contributed by atoms with Gasteiger partial charge in [0.05, 0.1) is 16.0 Å². The van der Waals surface area contributed by atoms with E-state index in [1.165, 1.54) is 29.5 Å². The Balaban J connectivity index is 1.60. The Morgan fingerprint density at radius 1 is 1.10 bits per heavy atom. The van der Waals surface area contributed by atoms with Gasteiger partial charge < -0.3 is 0 Å². The molecule has 1 amide bonds. The molecule has 0 spiro atoms. The lowest BCUT2D eigenvalue weighted by Crippen LogP contribution is -2.35. The zero-order valence-electron chi connectivity index (χ0n) is 15.9. The van der Waals surface area contributed by atoms with E-state index in [4.69, 9.17) is 0 Å². The van der Waals surface area contributed by atoms with Crippen molar-refractivity contribution in [3.8, 4) is 0 Å². The molecule has 2 aromatic carbocycles. The molecule has 0 atom stereocenters. The highest BCUT2D eigenvalue weighted by Gasteiger charge is 2.17. The number of benzene rings is 2. The molecule has 0 unspecified atom stereocenters. The number of nitrogens with one attached hydrogen (secondary N) is 1. The molecule has 0 radical (unpaired) electrons. The zero-order chi connectivity index (χ0) is 21.3. The highest BCUT2D eigenvalue weighted by molar-refractivity contribution is 7.90. The standard InChI is InChI=1S/C21H17N3O4S2/c1-14-22-20-18(10-11-29-20)21(26)24(14)23-19(25)16-7-5-6-15(12-16)13-30(27,28)17-8-3-2-4-9-17/h2-12H,13H2,1H3,(H,23,25). The van der Waals surface area contributed by atoms with Crippen LogP contribution in [0.1, 0.15) is 21.7 Å². The fourth-order valence-corrected chi connectivity index (χ4v) is 5.20. The predicted molar refractivity (Wildman–Crippen MR) is 116 cm³/mol. The van der Waals surface area contributed by atoms with Gasteiger partial charge in [-0.3, -0.25) is 15.0 Å². The molecule has 0 bridgehead atoms. The topological polar surface area (TPSA) is 98.1 Å². The average molecular weight is 440 g/mol. The minimum absolute atomic E-state index is 0.220. The fourth-order valence-electron chi connectivity index (χ4n) is 3.05. The molecule has 2 heterocycles. The third-order valence-corrected chi connectivity index (χ3v) is 7.04. The number of aromatic nitrogens is 2. The Hall–Kier alpha value is -3.30. The maximum Gasteiger partial charge on any atom is 0.281 e. The molecule has 30 heavy (non-hydrogen) atoms. The van der Waals surface area contributed by atoms with Gasteiger partial charge in [-0.1, -0.05) is 30.3 Å². The summed E-state index contributed by atoms with van der Waals surface area (Å²) in [5.41, 5.74) is 2.91. The summed E-state index contributed by atoms with van der Waals surface area (Å²) in [5.74, 6) is -0.416. The Bertz CT molecular complexity index is 1410. The number of rotatable bonds is 5. The van der Waals surface area contributed by atoms with Gasteiger partial charge in [-0.15, -0.1) is 11.3 Å². The summed E-state index contributed by atoms with van der Waals surface area (Å²) >= 11 is 1.35. The Labute approximate surface area is 176 Å². The lowest BCUT2D eigenvalue weighted by atomic mass is 10.1. The summed E-state index contributed by atoms with van der Waals surface area (Å²) < 4.78 is 26.3. The van der Waals surface area contributed by atoms with E-state index in [9.17, 15) is 18.0 Å². The van der Waals surface area contributed by atoms with Gasteiger partial charge in [0.1, 0.15) is 10.7 Å². The lowest BCUT2D eigenvalue weighted by Gasteiger charge is -2.12. The van der Waals surface area contributed by atoms with Crippen LogP contribution >= 0.6 is 11.3 Å². The SMILES string of the molecule is Cc1nc2sccc2c(=O)n1NC(=O)c1cccc(CS(=O)(=O)c2ccccc2)c1. The molecule has 0 saturated heterocycles. The van der Waals surface area contributed by atoms with Crippen LogP contribution < -0.4 is 11.0 Å². The summed E-state index contributed by atoms with van der Waals surface area (Å²) in [5, 5.41) is 2.19. The van der Waals surface area contributed by atoms with Crippen molar-refractivity contribution in [2.75, 3.05) is 5.43 Å². The van der Waals surface area contributed by atoms with Crippen molar-refractivity contribution in [1.29, 1.82) is 0 Å². The van der Waals surface area contributed by atoms with E-state index in [1.54, 1.807) is 54.8 Å². The Morgan fingerprint density at radius 2 is 1.87 bits per heavy atom. The highest BCUT2D eigenvalue weighted by Crippen LogP contribution is 2.18. The quantitative estimate of drug-likeness (QED) is 0.515. The molecule has 7 nitrogen and oxygen atoms in total. The number of hydrogen-bond donors (Lipinski definition) is 1. The second-order valence-corrected chi connectivity index (χ2v) is 9.54. The Kier molecular flexibility index (Phi) is 5.23. The van der Waals surface area contributed by atoms with E-state index in [0.717, 1.165) is 4.68 Å². The molecule has 0 aliphatic carbocycles. The molecular formula is C21H17N3O4S2. The molecule has 9 heteroatoms.